The number of ether oxygens (including phenoxy) is 1. The molecule has 2 heteroatoms. The molecule has 0 spiro atoms. The third kappa shape index (κ3) is 6.00. The van der Waals surface area contributed by atoms with Crippen LogP contribution in [0.1, 0.15) is 74.1 Å². The largest absolute Gasteiger partial charge is 0.376 e. The smallest absolute Gasteiger partial charge is 0.0598 e. The van der Waals surface area contributed by atoms with Crippen LogP contribution >= 0.6 is 0 Å². The van der Waals surface area contributed by atoms with Crippen molar-refractivity contribution in [3.05, 3.63) is 0 Å². The lowest BCUT2D eigenvalue weighted by atomic mass is 9.92. The van der Waals surface area contributed by atoms with Crippen LogP contribution in [0.3, 0.4) is 0 Å². The summed E-state index contributed by atoms with van der Waals surface area (Å²) in [5, 5.41) is 0. The Kier molecular flexibility index (Phi) is 8.15. The molecule has 1 saturated carbocycles. The van der Waals surface area contributed by atoms with E-state index in [1.165, 1.54) is 25.7 Å². The quantitative estimate of drug-likeness (QED) is 0.384. The second kappa shape index (κ2) is 8.87. The molecule has 5 atom stereocenters. The molecular weight excluding hydrogens is 284 g/mol. The van der Waals surface area contributed by atoms with E-state index in [0.29, 0.717) is 0 Å². The highest BCUT2D eigenvalue weighted by molar-refractivity contribution is 6.59. The van der Waals surface area contributed by atoms with Gasteiger partial charge in [-0.25, -0.2) is 0 Å². The minimum atomic E-state index is -0.565. The van der Waals surface area contributed by atoms with E-state index in [2.05, 4.69) is 55.0 Å². The maximum Gasteiger partial charge on any atom is 0.0598 e. The average molecular weight is 327 g/mol. The highest BCUT2D eigenvalue weighted by Crippen LogP contribution is 2.51. The van der Waals surface area contributed by atoms with Crippen LogP contribution in [0.25, 0.3) is 0 Å². The van der Waals surface area contributed by atoms with Crippen LogP contribution in [-0.4, -0.2) is 21.0 Å². The molecule has 1 aliphatic carbocycles. The molecule has 5 unspecified atom stereocenters. The topological polar surface area (TPSA) is 9.23 Å². The summed E-state index contributed by atoms with van der Waals surface area (Å²) >= 11 is 0. The summed E-state index contributed by atoms with van der Waals surface area (Å²) in [5.74, 6) is 3.80. The molecule has 1 nitrogen and oxygen atoms in total. The first kappa shape index (κ1) is 20.2. The van der Waals surface area contributed by atoms with Crippen molar-refractivity contribution in [2.24, 2.45) is 23.7 Å². The zero-order chi connectivity index (χ0) is 16.9. The van der Waals surface area contributed by atoms with E-state index in [1.807, 2.05) is 0 Å². The van der Waals surface area contributed by atoms with Crippen LogP contribution < -0.4 is 0 Å². The maximum absolute atomic E-state index is 5.80. The van der Waals surface area contributed by atoms with E-state index in [9.17, 15) is 0 Å². The van der Waals surface area contributed by atoms with Gasteiger partial charge in [0.1, 0.15) is 0 Å². The van der Waals surface area contributed by atoms with Crippen LogP contribution in [0.5, 0.6) is 0 Å². The molecular formula is C20H42OSi. The maximum atomic E-state index is 5.80. The first-order valence-corrected chi connectivity index (χ1v) is 12.4. The molecule has 0 aromatic rings. The Morgan fingerprint density at radius 1 is 0.773 bits per heavy atom. The Bertz CT molecular complexity index is 295. The molecule has 0 radical (unpaired) electrons. The van der Waals surface area contributed by atoms with Crippen LogP contribution in [0.15, 0.2) is 0 Å². The predicted octanol–water partition coefficient (Wildman–Crippen LogP) is 6.15. The lowest BCUT2D eigenvalue weighted by Gasteiger charge is -2.27. The normalized spacial score (nSPS) is 34.1. The number of hydrogen-bond acceptors (Lipinski definition) is 1. The molecule has 0 aliphatic heterocycles. The van der Waals surface area contributed by atoms with Gasteiger partial charge in [-0.2, -0.15) is 0 Å². The molecule has 1 rings (SSSR count). The molecule has 22 heavy (non-hydrogen) atoms. The molecule has 0 saturated heterocycles. The Balaban J connectivity index is 2.17. The lowest BCUT2D eigenvalue weighted by molar-refractivity contribution is -0.00471. The highest BCUT2D eigenvalue weighted by Gasteiger charge is 2.43. The van der Waals surface area contributed by atoms with Gasteiger partial charge in [-0.15, -0.1) is 0 Å². The Labute approximate surface area is 142 Å². The molecule has 1 fully saturated rings. The summed E-state index contributed by atoms with van der Waals surface area (Å²) in [6, 6.07) is 1.55. The summed E-state index contributed by atoms with van der Waals surface area (Å²) in [6.07, 6.45) is 5.45. The third-order valence-corrected chi connectivity index (χ3v) is 10.3. The molecule has 0 bridgehead atoms. The van der Waals surface area contributed by atoms with E-state index in [1.54, 1.807) is 6.04 Å². The van der Waals surface area contributed by atoms with E-state index in [-0.39, 0.29) is 5.60 Å². The highest BCUT2D eigenvalue weighted by atomic mass is 28.3. The van der Waals surface area contributed by atoms with Crippen molar-refractivity contribution >= 4 is 8.80 Å². The van der Waals surface area contributed by atoms with Crippen molar-refractivity contribution in [1.29, 1.82) is 0 Å². The average Bonchev–Trinajstić information content (AvgIpc) is 2.60. The first-order valence-electron chi connectivity index (χ1n) is 9.79. The summed E-state index contributed by atoms with van der Waals surface area (Å²) in [4.78, 5) is 0. The predicted molar refractivity (Wildman–Crippen MR) is 102 cm³/mol. The van der Waals surface area contributed by atoms with Crippen molar-refractivity contribution in [3.63, 3.8) is 0 Å². The Morgan fingerprint density at radius 3 is 1.77 bits per heavy atom. The van der Waals surface area contributed by atoms with Crippen LogP contribution in [0.2, 0.25) is 18.1 Å². The van der Waals surface area contributed by atoms with Gasteiger partial charge in [0, 0.05) is 15.4 Å². The minimum Gasteiger partial charge on any atom is -0.376 e. The lowest BCUT2D eigenvalue weighted by Crippen LogP contribution is -2.24. The van der Waals surface area contributed by atoms with Gasteiger partial charge in [-0.1, -0.05) is 59.5 Å². The fraction of sp³-hybridized carbons (Fsp3) is 1.00. The molecule has 0 aromatic heterocycles. The number of rotatable bonds is 8. The van der Waals surface area contributed by atoms with Crippen molar-refractivity contribution in [2.75, 3.05) is 6.61 Å². The molecule has 0 heterocycles. The van der Waals surface area contributed by atoms with Gasteiger partial charge in [-0.05, 0) is 56.4 Å². The van der Waals surface area contributed by atoms with Gasteiger partial charge in [0.2, 0.25) is 0 Å². The fourth-order valence-electron chi connectivity index (χ4n) is 4.67. The second-order valence-corrected chi connectivity index (χ2v) is 12.5. The van der Waals surface area contributed by atoms with Gasteiger partial charge < -0.3 is 4.74 Å². The third-order valence-electron chi connectivity index (χ3n) is 6.45. The Morgan fingerprint density at radius 2 is 1.27 bits per heavy atom. The fourth-order valence-corrected chi connectivity index (χ4v) is 8.76. The second-order valence-electron chi connectivity index (χ2n) is 9.15. The number of unbranched alkanes of at least 4 members (excludes halogenated alkanes) is 3. The van der Waals surface area contributed by atoms with Gasteiger partial charge in [0.25, 0.3) is 0 Å². The van der Waals surface area contributed by atoms with Crippen molar-refractivity contribution in [2.45, 2.75) is 97.9 Å². The first-order chi connectivity index (χ1) is 10.1. The Hall–Kier alpha value is 0.177. The van der Waals surface area contributed by atoms with Crippen molar-refractivity contribution in [3.8, 4) is 0 Å². The van der Waals surface area contributed by atoms with E-state index in [0.717, 1.165) is 35.8 Å². The molecule has 132 valence electrons. The SMILES string of the molecule is CC1C(C)C(C)C([SiH](C)CCCCCCOC(C)(C)C)C1C. The van der Waals surface area contributed by atoms with Crippen LogP contribution in [0.4, 0.5) is 0 Å². The minimum absolute atomic E-state index is 0.0313. The van der Waals surface area contributed by atoms with Crippen molar-refractivity contribution in [1.82, 2.24) is 0 Å². The summed E-state index contributed by atoms with van der Waals surface area (Å²) in [6.45, 7) is 20.0. The van der Waals surface area contributed by atoms with Gasteiger partial charge in [-0.3, -0.25) is 0 Å². The van der Waals surface area contributed by atoms with Crippen molar-refractivity contribution < 1.29 is 4.74 Å². The molecule has 0 aromatic carbocycles. The zero-order valence-corrected chi connectivity index (χ0v) is 17.8. The van der Waals surface area contributed by atoms with E-state index < -0.39 is 8.80 Å². The van der Waals surface area contributed by atoms with Crippen LogP contribution in [-0.2, 0) is 4.74 Å². The molecule has 0 amide bonds. The number of hydrogen-bond donors (Lipinski definition) is 0. The van der Waals surface area contributed by atoms with E-state index >= 15 is 0 Å². The summed E-state index contributed by atoms with van der Waals surface area (Å²) < 4.78 is 5.80. The molecule has 1 aliphatic rings. The van der Waals surface area contributed by atoms with Gasteiger partial charge in [0.15, 0.2) is 0 Å². The monoisotopic (exact) mass is 326 g/mol. The van der Waals surface area contributed by atoms with Gasteiger partial charge in [0.05, 0.1) is 5.60 Å². The zero-order valence-electron chi connectivity index (χ0n) is 16.6. The van der Waals surface area contributed by atoms with Gasteiger partial charge >= 0.3 is 0 Å². The molecule has 0 N–H and O–H groups in total. The summed E-state index contributed by atoms with van der Waals surface area (Å²) in [5.41, 5.74) is 1.11. The van der Waals surface area contributed by atoms with Crippen LogP contribution in [0, 0.1) is 23.7 Å². The summed E-state index contributed by atoms with van der Waals surface area (Å²) in [7, 11) is -0.565. The standard InChI is InChI=1S/C20H42OSi/c1-15-16(2)18(4)19(17(15)3)22(8)14-12-10-9-11-13-21-20(5,6)7/h15-19,22H,9-14H2,1-8H3. The van der Waals surface area contributed by atoms with E-state index in [4.69, 9.17) is 4.74 Å².